The predicted molar refractivity (Wildman–Crippen MR) is 85.7 cm³/mol. The first-order chi connectivity index (χ1) is 10.4. The Bertz CT molecular complexity index is 498. The molecule has 0 spiro atoms. The number of benzene rings is 1. The van der Waals surface area contributed by atoms with E-state index in [4.69, 9.17) is 10.6 Å². The predicted octanol–water partition coefficient (Wildman–Crippen LogP) is 3.41. The monoisotopic (exact) mass is 286 g/mol. The Morgan fingerprint density at radius 1 is 1.24 bits per heavy atom. The van der Waals surface area contributed by atoms with Crippen LogP contribution in [-0.4, -0.2) is 12.6 Å². The number of fused-ring (bicyclic) bond motifs is 1. The topological polar surface area (TPSA) is 47.3 Å². The van der Waals surface area contributed by atoms with Gasteiger partial charge in [-0.25, -0.2) is 0 Å². The summed E-state index contributed by atoms with van der Waals surface area (Å²) in [7, 11) is 0. The van der Waals surface area contributed by atoms with Crippen LogP contribution in [0.4, 0.5) is 0 Å². The molecule has 3 rings (SSSR count). The van der Waals surface area contributed by atoms with Gasteiger partial charge in [-0.15, -0.1) is 0 Å². The number of nitrogens with two attached hydrogens (primary N) is 1. The van der Waals surface area contributed by atoms with Crippen LogP contribution in [0.2, 0.25) is 0 Å². The molecule has 0 amide bonds. The van der Waals surface area contributed by atoms with Crippen molar-refractivity contribution >= 4 is 0 Å². The van der Waals surface area contributed by atoms with E-state index in [-0.39, 0.29) is 6.10 Å². The zero-order valence-corrected chi connectivity index (χ0v) is 12.7. The summed E-state index contributed by atoms with van der Waals surface area (Å²) in [4.78, 5) is 0. The quantitative estimate of drug-likeness (QED) is 0.495. The molecule has 1 aromatic carbocycles. The molecule has 2 aliphatic rings. The van der Waals surface area contributed by atoms with Crippen LogP contribution in [0.1, 0.15) is 55.8 Å². The lowest BCUT2D eigenvalue weighted by Crippen LogP contribution is -2.37. The average Bonchev–Trinajstić information content (AvgIpc) is 2.55. The molecule has 0 saturated heterocycles. The van der Waals surface area contributed by atoms with E-state index >= 15 is 0 Å². The molecule has 1 aliphatic carbocycles. The molecule has 2 unspecified atom stereocenters. The lowest BCUT2D eigenvalue weighted by molar-refractivity contribution is 0.0294. The van der Waals surface area contributed by atoms with Crippen molar-refractivity contribution < 1.29 is 4.74 Å². The maximum atomic E-state index is 6.01. The van der Waals surface area contributed by atoms with Crippen LogP contribution in [0.15, 0.2) is 35.9 Å². The summed E-state index contributed by atoms with van der Waals surface area (Å²) in [6.07, 6.45) is 10.7. The van der Waals surface area contributed by atoms with Gasteiger partial charge in [-0.3, -0.25) is 11.3 Å². The summed E-state index contributed by atoms with van der Waals surface area (Å²) in [5.41, 5.74) is 7.35. The highest BCUT2D eigenvalue weighted by Gasteiger charge is 2.24. The molecule has 3 N–H and O–H groups in total. The lowest BCUT2D eigenvalue weighted by Gasteiger charge is -2.30. The average molecular weight is 286 g/mol. The Morgan fingerprint density at radius 2 is 2.14 bits per heavy atom. The Kier molecular flexibility index (Phi) is 5.07. The van der Waals surface area contributed by atoms with Crippen LogP contribution >= 0.6 is 0 Å². The molecule has 0 aromatic heterocycles. The minimum absolute atomic E-state index is 0.181. The van der Waals surface area contributed by atoms with Crippen molar-refractivity contribution in [1.29, 1.82) is 0 Å². The zero-order chi connectivity index (χ0) is 14.5. The standard InChI is InChI=1S/C18H26N2O/c19-20-16(12-14-6-2-1-3-7-14)13-18-17-9-5-4-8-15(17)10-11-21-18/h4-6,8-9,16,18,20H,1-3,7,10-13,19H2. The van der Waals surface area contributed by atoms with Crippen LogP contribution in [0.3, 0.4) is 0 Å². The van der Waals surface area contributed by atoms with Crippen LogP contribution in [0.5, 0.6) is 0 Å². The second-order valence-electron chi connectivity index (χ2n) is 6.22. The van der Waals surface area contributed by atoms with Gasteiger partial charge >= 0.3 is 0 Å². The van der Waals surface area contributed by atoms with Gasteiger partial charge in [-0.05, 0) is 56.1 Å². The molecule has 0 fully saturated rings. The maximum Gasteiger partial charge on any atom is 0.0843 e. The first-order valence-corrected chi connectivity index (χ1v) is 8.20. The number of hydrogen-bond donors (Lipinski definition) is 2. The highest BCUT2D eigenvalue weighted by atomic mass is 16.5. The summed E-state index contributed by atoms with van der Waals surface area (Å²) >= 11 is 0. The molecule has 1 heterocycles. The Labute approximate surface area is 127 Å². The number of rotatable bonds is 5. The third-order valence-electron chi connectivity index (χ3n) is 4.72. The second kappa shape index (κ2) is 7.21. The van der Waals surface area contributed by atoms with Crippen molar-refractivity contribution in [2.24, 2.45) is 5.84 Å². The van der Waals surface area contributed by atoms with E-state index in [9.17, 15) is 0 Å². The lowest BCUT2D eigenvalue weighted by atomic mass is 9.89. The molecular weight excluding hydrogens is 260 g/mol. The van der Waals surface area contributed by atoms with E-state index in [0.29, 0.717) is 6.04 Å². The fourth-order valence-electron chi connectivity index (χ4n) is 3.55. The van der Waals surface area contributed by atoms with Gasteiger partial charge in [-0.1, -0.05) is 35.9 Å². The third-order valence-corrected chi connectivity index (χ3v) is 4.72. The highest BCUT2D eigenvalue weighted by molar-refractivity contribution is 5.31. The van der Waals surface area contributed by atoms with Crippen LogP contribution in [0, 0.1) is 0 Å². The largest absolute Gasteiger partial charge is 0.373 e. The number of hydrazine groups is 1. The van der Waals surface area contributed by atoms with E-state index in [1.54, 1.807) is 5.57 Å². The van der Waals surface area contributed by atoms with Gasteiger partial charge in [0.1, 0.15) is 0 Å². The molecule has 1 aromatic rings. The van der Waals surface area contributed by atoms with Crippen LogP contribution in [-0.2, 0) is 11.2 Å². The van der Waals surface area contributed by atoms with E-state index in [2.05, 4.69) is 35.8 Å². The third kappa shape index (κ3) is 3.73. The van der Waals surface area contributed by atoms with Crippen molar-refractivity contribution in [1.82, 2.24) is 5.43 Å². The summed E-state index contributed by atoms with van der Waals surface area (Å²) in [6, 6.07) is 8.94. The zero-order valence-electron chi connectivity index (χ0n) is 12.7. The Morgan fingerprint density at radius 3 is 2.95 bits per heavy atom. The van der Waals surface area contributed by atoms with E-state index in [0.717, 1.165) is 25.9 Å². The fraction of sp³-hybridized carbons (Fsp3) is 0.556. The summed E-state index contributed by atoms with van der Waals surface area (Å²) < 4.78 is 6.01. The molecule has 114 valence electrons. The Hall–Kier alpha value is -1.16. The molecule has 0 radical (unpaired) electrons. The minimum atomic E-state index is 0.181. The molecule has 0 bridgehead atoms. The Balaban J connectivity index is 1.66. The fourth-order valence-corrected chi connectivity index (χ4v) is 3.55. The number of ether oxygens (including phenoxy) is 1. The van der Waals surface area contributed by atoms with Crippen molar-refractivity contribution in [2.75, 3.05) is 6.61 Å². The number of hydrogen-bond acceptors (Lipinski definition) is 3. The second-order valence-corrected chi connectivity index (χ2v) is 6.22. The number of allylic oxidation sites excluding steroid dienone is 1. The molecule has 2 atom stereocenters. The summed E-state index contributed by atoms with van der Waals surface area (Å²) in [6.45, 7) is 0.821. The molecule has 1 aliphatic heterocycles. The van der Waals surface area contributed by atoms with E-state index in [1.807, 2.05) is 0 Å². The van der Waals surface area contributed by atoms with Crippen LogP contribution in [0.25, 0.3) is 0 Å². The number of nitrogens with one attached hydrogen (secondary N) is 1. The normalized spacial score (nSPS) is 23.3. The van der Waals surface area contributed by atoms with Gasteiger partial charge < -0.3 is 4.74 Å². The van der Waals surface area contributed by atoms with Gasteiger partial charge in [0, 0.05) is 6.04 Å². The molecular formula is C18H26N2O. The van der Waals surface area contributed by atoms with Crippen molar-refractivity contribution in [2.45, 2.75) is 57.1 Å². The van der Waals surface area contributed by atoms with E-state index in [1.165, 1.54) is 36.8 Å². The first-order valence-electron chi connectivity index (χ1n) is 8.20. The highest BCUT2D eigenvalue weighted by Crippen LogP contribution is 2.32. The molecule has 21 heavy (non-hydrogen) atoms. The van der Waals surface area contributed by atoms with Gasteiger partial charge in [0.2, 0.25) is 0 Å². The first kappa shape index (κ1) is 14.8. The van der Waals surface area contributed by atoms with Crippen molar-refractivity contribution in [3.63, 3.8) is 0 Å². The van der Waals surface area contributed by atoms with Gasteiger partial charge in [0.05, 0.1) is 12.7 Å². The molecule has 3 heteroatoms. The van der Waals surface area contributed by atoms with Crippen molar-refractivity contribution in [3.8, 4) is 0 Å². The maximum absolute atomic E-state index is 6.01. The van der Waals surface area contributed by atoms with Gasteiger partial charge in [0.15, 0.2) is 0 Å². The minimum Gasteiger partial charge on any atom is -0.373 e. The smallest absolute Gasteiger partial charge is 0.0843 e. The van der Waals surface area contributed by atoms with E-state index < -0.39 is 0 Å². The van der Waals surface area contributed by atoms with Crippen LogP contribution < -0.4 is 11.3 Å². The molecule has 3 nitrogen and oxygen atoms in total. The van der Waals surface area contributed by atoms with Gasteiger partial charge in [-0.2, -0.15) is 0 Å². The molecule has 0 saturated carbocycles. The summed E-state index contributed by atoms with van der Waals surface area (Å²) in [5, 5.41) is 0. The SMILES string of the molecule is NNC(CC1=CCCCC1)CC1OCCc2ccccc21. The summed E-state index contributed by atoms with van der Waals surface area (Å²) in [5.74, 6) is 5.79. The van der Waals surface area contributed by atoms with Crippen molar-refractivity contribution in [3.05, 3.63) is 47.0 Å². The van der Waals surface area contributed by atoms with Gasteiger partial charge in [0.25, 0.3) is 0 Å².